The van der Waals surface area contributed by atoms with Gasteiger partial charge in [0.25, 0.3) is 0 Å². The van der Waals surface area contributed by atoms with Gasteiger partial charge in [0, 0.05) is 6.20 Å². The molecule has 2 rings (SSSR count). The van der Waals surface area contributed by atoms with Gasteiger partial charge in [0.1, 0.15) is 11.7 Å². The number of hydrogen-bond acceptors (Lipinski definition) is 4. The highest BCUT2D eigenvalue weighted by atomic mass is 35.5. The van der Waals surface area contributed by atoms with Crippen LogP contribution in [0.3, 0.4) is 0 Å². The van der Waals surface area contributed by atoms with E-state index in [-0.39, 0.29) is 10.8 Å². The molecule has 2 aromatic heterocycles. The Labute approximate surface area is 138 Å². The van der Waals surface area contributed by atoms with Gasteiger partial charge in [-0.05, 0) is 17.5 Å². The molecule has 1 N–H and O–H groups in total. The second kappa shape index (κ2) is 6.26. The molecular weight excluding hydrogens is 318 g/mol. The normalized spacial score (nSPS) is 12.5. The number of anilines is 1. The monoisotopic (exact) mass is 333 g/mol. The van der Waals surface area contributed by atoms with Gasteiger partial charge in [0.05, 0.1) is 24.2 Å². The molecule has 1 unspecified atom stereocenters. The summed E-state index contributed by atoms with van der Waals surface area (Å²) >= 11 is 6.12. The van der Waals surface area contributed by atoms with Crippen LogP contribution in [-0.2, 0) is 0 Å². The third-order valence-corrected chi connectivity index (χ3v) is 3.50. The van der Waals surface area contributed by atoms with E-state index in [0.717, 1.165) is 4.90 Å². The number of carboxylic acid groups (broad SMARTS) is 1. The van der Waals surface area contributed by atoms with Gasteiger partial charge in [-0.1, -0.05) is 32.4 Å². The van der Waals surface area contributed by atoms with E-state index < -0.39 is 17.6 Å². The number of rotatable bonds is 3. The number of amides is 1. The number of halogens is 1. The first-order valence-electron chi connectivity index (χ1n) is 6.83. The van der Waals surface area contributed by atoms with Crippen molar-refractivity contribution >= 4 is 23.4 Å². The number of hydrogen-bond donors (Lipinski definition) is 1. The number of nitrogens with zero attached hydrogens (tertiary/aromatic N) is 5. The van der Waals surface area contributed by atoms with Crippen LogP contribution in [0.25, 0.3) is 5.69 Å². The van der Waals surface area contributed by atoms with Crippen molar-refractivity contribution < 1.29 is 9.90 Å². The predicted octanol–water partition coefficient (Wildman–Crippen LogP) is 3.34. The van der Waals surface area contributed by atoms with Gasteiger partial charge < -0.3 is 5.11 Å². The minimum atomic E-state index is -1.26. The molecule has 0 fully saturated rings. The highest BCUT2D eigenvalue weighted by Gasteiger charge is 2.36. The Morgan fingerprint density at radius 2 is 2.22 bits per heavy atom. The fraction of sp³-hybridized carbons (Fsp3) is 0.333. The van der Waals surface area contributed by atoms with Crippen molar-refractivity contribution in [3.63, 3.8) is 0 Å². The zero-order valence-electron chi connectivity index (χ0n) is 12.9. The summed E-state index contributed by atoms with van der Waals surface area (Å²) in [6, 6.07) is 4.61. The first-order valence-corrected chi connectivity index (χ1v) is 7.21. The summed E-state index contributed by atoms with van der Waals surface area (Å²) in [7, 11) is 0. The first-order chi connectivity index (χ1) is 10.8. The van der Waals surface area contributed by atoms with Crippen LogP contribution in [0.5, 0.6) is 0 Å². The van der Waals surface area contributed by atoms with Crippen LogP contribution >= 0.6 is 11.6 Å². The third kappa shape index (κ3) is 3.43. The Morgan fingerprint density at radius 3 is 2.70 bits per heavy atom. The molecule has 0 saturated heterocycles. The lowest BCUT2D eigenvalue weighted by Crippen LogP contribution is -2.46. The van der Waals surface area contributed by atoms with Crippen LogP contribution in [0, 0.1) is 16.7 Å². The van der Waals surface area contributed by atoms with Crippen LogP contribution in [0.1, 0.15) is 20.8 Å². The molecule has 23 heavy (non-hydrogen) atoms. The molecule has 0 radical (unpaired) electrons. The molecule has 1 atom stereocenters. The molecule has 0 aliphatic carbocycles. The largest absolute Gasteiger partial charge is 0.465 e. The van der Waals surface area contributed by atoms with Crippen molar-refractivity contribution in [2.75, 3.05) is 4.90 Å². The van der Waals surface area contributed by atoms with Gasteiger partial charge in [-0.3, -0.25) is 9.88 Å². The smallest absolute Gasteiger partial charge is 0.413 e. The van der Waals surface area contributed by atoms with E-state index in [2.05, 4.69) is 10.1 Å². The average Bonchev–Trinajstić information content (AvgIpc) is 2.85. The Balaban J connectivity index is 2.52. The maximum absolute atomic E-state index is 11.7. The lowest BCUT2D eigenvalue weighted by molar-refractivity contribution is 0.194. The third-order valence-electron chi connectivity index (χ3n) is 3.23. The van der Waals surface area contributed by atoms with Gasteiger partial charge in [-0.25, -0.2) is 9.48 Å². The molecule has 120 valence electrons. The Morgan fingerprint density at radius 1 is 1.52 bits per heavy atom. The second-order valence-corrected chi connectivity index (χ2v) is 6.37. The molecule has 2 heterocycles. The Kier molecular flexibility index (Phi) is 4.57. The molecule has 0 aliphatic rings. The standard InChI is InChI=1S/C15H16ClN5O2/c1-15(2,3)12(7-17)21(14(22)23)11-9-20(19-13(11)16)10-5-4-6-18-8-10/h4-6,8-9,12H,1-3H3,(H,22,23). The summed E-state index contributed by atoms with van der Waals surface area (Å²) < 4.78 is 1.43. The van der Waals surface area contributed by atoms with Gasteiger partial charge in [-0.2, -0.15) is 10.4 Å². The SMILES string of the molecule is CC(C)(C)C(C#N)N(C(=O)O)c1cn(-c2cccnc2)nc1Cl. The van der Waals surface area contributed by atoms with Gasteiger partial charge >= 0.3 is 6.09 Å². The summed E-state index contributed by atoms with van der Waals surface area (Å²) in [6.07, 6.45) is 3.40. The molecule has 2 aromatic rings. The minimum absolute atomic E-state index is 0.000697. The van der Waals surface area contributed by atoms with Crippen LogP contribution in [-0.4, -0.2) is 32.0 Å². The topological polar surface area (TPSA) is 95.0 Å². The highest BCUT2D eigenvalue weighted by Crippen LogP contribution is 2.33. The molecule has 0 spiro atoms. The van der Waals surface area contributed by atoms with E-state index in [1.165, 1.54) is 10.9 Å². The fourth-order valence-corrected chi connectivity index (χ4v) is 2.34. The van der Waals surface area contributed by atoms with Crippen LogP contribution in [0.15, 0.2) is 30.7 Å². The number of nitriles is 1. The van der Waals surface area contributed by atoms with Gasteiger partial charge in [0.2, 0.25) is 0 Å². The van der Waals surface area contributed by atoms with Gasteiger partial charge in [-0.15, -0.1) is 0 Å². The van der Waals surface area contributed by atoms with E-state index in [1.54, 1.807) is 45.3 Å². The molecule has 0 bridgehead atoms. The minimum Gasteiger partial charge on any atom is -0.465 e. The van der Waals surface area contributed by atoms with Crippen molar-refractivity contribution in [1.29, 1.82) is 5.26 Å². The van der Waals surface area contributed by atoms with E-state index in [4.69, 9.17) is 11.6 Å². The number of carbonyl (C=O) groups is 1. The summed E-state index contributed by atoms with van der Waals surface area (Å²) in [5.41, 5.74) is 0.201. The Hall–Kier alpha value is -2.59. The molecule has 8 heteroatoms. The highest BCUT2D eigenvalue weighted by molar-refractivity contribution is 6.32. The molecule has 0 saturated carbocycles. The maximum Gasteiger partial charge on any atom is 0.413 e. The molecule has 1 amide bonds. The predicted molar refractivity (Wildman–Crippen MR) is 85.7 cm³/mol. The lowest BCUT2D eigenvalue weighted by atomic mass is 9.86. The van der Waals surface area contributed by atoms with Crippen LogP contribution < -0.4 is 4.90 Å². The van der Waals surface area contributed by atoms with Crippen molar-refractivity contribution in [3.05, 3.63) is 35.9 Å². The second-order valence-electron chi connectivity index (χ2n) is 6.01. The van der Waals surface area contributed by atoms with E-state index in [9.17, 15) is 15.2 Å². The van der Waals surface area contributed by atoms with Crippen molar-refractivity contribution in [2.24, 2.45) is 5.41 Å². The van der Waals surface area contributed by atoms with Crippen molar-refractivity contribution in [3.8, 4) is 11.8 Å². The van der Waals surface area contributed by atoms with E-state index in [0.29, 0.717) is 5.69 Å². The van der Waals surface area contributed by atoms with Gasteiger partial charge in [0.15, 0.2) is 5.15 Å². The molecular formula is C15H16ClN5O2. The van der Waals surface area contributed by atoms with Crippen molar-refractivity contribution in [1.82, 2.24) is 14.8 Å². The molecule has 0 aromatic carbocycles. The van der Waals surface area contributed by atoms with Crippen LogP contribution in [0.4, 0.5) is 10.5 Å². The summed E-state index contributed by atoms with van der Waals surface area (Å²) in [5.74, 6) is 0. The first kappa shape index (κ1) is 16.8. The average molecular weight is 334 g/mol. The van der Waals surface area contributed by atoms with Crippen molar-refractivity contribution in [2.45, 2.75) is 26.8 Å². The molecule has 0 aliphatic heterocycles. The number of pyridine rings is 1. The number of aromatic nitrogens is 3. The maximum atomic E-state index is 11.7. The summed E-state index contributed by atoms with van der Waals surface area (Å²) in [5, 5.41) is 23.1. The molecule has 7 nitrogen and oxygen atoms in total. The fourth-order valence-electron chi connectivity index (χ4n) is 2.12. The van der Waals surface area contributed by atoms with E-state index >= 15 is 0 Å². The van der Waals surface area contributed by atoms with E-state index in [1.807, 2.05) is 6.07 Å². The lowest BCUT2D eigenvalue weighted by Gasteiger charge is -2.32. The quantitative estimate of drug-likeness (QED) is 0.929. The van der Waals surface area contributed by atoms with Crippen LogP contribution in [0.2, 0.25) is 5.15 Å². The summed E-state index contributed by atoms with van der Waals surface area (Å²) in [6.45, 7) is 5.36. The zero-order valence-corrected chi connectivity index (χ0v) is 13.7. The summed E-state index contributed by atoms with van der Waals surface area (Å²) in [4.78, 5) is 16.6. The Bertz CT molecular complexity index is 745. The zero-order chi connectivity index (χ0) is 17.2.